The van der Waals surface area contributed by atoms with Crippen LogP contribution in [0.3, 0.4) is 0 Å². The number of nitrogens with one attached hydrogen (secondary N) is 2. The van der Waals surface area contributed by atoms with E-state index in [9.17, 15) is 14.4 Å². The smallest absolute Gasteiger partial charge is 0.253 e. The highest BCUT2D eigenvalue weighted by atomic mass is 16.5. The molecule has 152 valence electrons. The molecule has 0 bridgehead atoms. The lowest BCUT2D eigenvalue weighted by atomic mass is 10.1. The van der Waals surface area contributed by atoms with E-state index in [2.05, 4.69) is 10.6 Å². The molecule has 7 heteroatoms. The van der Waals surface area contributed by atoms with E-state index in [1.54, 1.807) is 60.5 Å². The minimum Gasteiger partial charge on any atom is -0.497 e. The first-order valence-corrected chi connectivity index (χ1v) is 9.54. The predicted molar refractivity (Wildman–Crippen MR) is 111 cm³/mol. The van der Waals surface area contributed by atoms with Crippen LogP contribution in [0.1, 0.15) is 30.6 Å². The van der Waals surface area contributed by atoms with Crippen LogP contribution in [0.15, 0.2) is 48.5 Å². The number of rotatable bonds is 6. The standard InChI is InChI=1S/C22H25N3O4/c1-14(2)23-22(28)18-6-4-5-7-19(18)24-21(27)15-12-20(26)25(13-15)16-8-10-17(29-3)11-9-16/h4-11,14-15H,12-13H2,1-3H3,(H,23,28)(H,24,27)/t15-/m1/s1. The van der Waals surface area contributed by atoms with E-state index in [0.717, 1.165) is 5.69 Å². The molecular formula is C22H25N3O4. The van der Waals surface area contributed by atoms with Gasteiger partial charge in [0.25, 0.3) is 5.91 Å². The number of methoxy groups -OCH3 is 1. The minimum atomic E-state index is -0.495. The van der Waals surface area contributed by atoms with Crippen LogP contribution in [-0.2, 0) is 9.59 Å². The minimum absolute atomic E-state index is 0.0169. The third kappa shape index (κ3) is 4.74. The van der Waals surface area contributed by atoms with Gasteiger partial charge in [0.15, 0.2) is 0 Å². The summed E-state index contributed by atoms with van der Waals surface area (Å²) in [4.78, 5) is 39.2. The summed E-state index contributed by atoms with van der Waals surface area (Å²) < 4.78 is 5.14. The number of hydrogen-bond donors (Lipinski definition) is 2. The second-order valence-electron chi connectivity index (χ2n) is 7.27. The Hall–Kier alpha value is -3.35. The highest BCUT2D eigenvalue weighted by Gasteiger charge is 2.35. The summed E-state index contributed by atoms with van der Waals surface area (Å²) in [5.41, 5.74) is 1.56. The summed E-state index contributed by atoms with van der Waals surface area (Å²) in [6.45, 7) is 4.03. The number of benzene rings is 2. The molecule has 0 unspecified atom stereocenters. The number of amides is 3. The largest absolute Gasteiger partial charge is 0.497 e. The molecule has 7 nitrogen and oxygen atoms in total. The van der Waals surface area contributed by atoms with Crippen molar-refractivity contribution in [3.05, 3.63) is 54.1 Å². The quantitative estimate of drug-likeness (QED) is 0.787. The molecule has 0 aliphatic carbocycles. The van der Waals surface area contributed by atoms with E-state index in [1.807, 2.05) is 13.8 Å². The van der Waals surface area contributed by atoms with E-state index in [0.29, 0.717) is 17.0 Å². The van der Waals surface area contributed by atoms with Gasteiger partial charge in [0.05, 0.1) is 24.3 Å². The molecule has 1 fully saturated rings. The van der Waals surface area contributed by atoms with Crippen molar-refractivity contribution in [1.82, 2.24) is 5.32 Å². The van der Waals surface area contributed by atoms with Gasteiger partial charge in [-0.25, -0.2) is 0 Å². The van der Waals surface area contributed by atoms with Gasteiger partial charge in [-0.3, -0.25) is 14.4 Å². The molecule has 2 aromatic carbocycles. The molecule has 1 aliphatic heterocycles. The summed E-state index contributed by atoms with van der Waals surface area (Å²) in [5, 5.41) is 5.64. The topological polar surface area (TPSA) is 87.7 Å². The van der Waals surface area contributed by atoms with Crippen molar-refractivity contribution >= 4 is 29.1 Å². The third-order valence-corrected chi connectivity index (χ3v) is 4.73. The summed E-state index contributed by atoms with van der Waals surface area (Å²) in [6, 6.07) is 14.0. The van der Waals surface area contributed by atoms with Crippen LogP contribution >= 0.6 is 0 Å². The SMILES string of the molecule is COc1ccc(N2C[C@H](C(=O)Nc3ccccc3C(=O)NC(C)C)CC2=O)cc1. The predicted octanol–water partition coefficient (Wildman–Crippen LogP) is 2.83. The number of nitrogens with zero attached hydrogens (tertiary/aromatic N) is 1. The lowest BCUT2D eigenvalue weighted by molar-refractivity contribution is -0.122. The molecule has 3 rings (SSSR count). The monoisotopic (exact) mass is 395 g/mol. The third-order valence-electron chi connectivity index (χ3n) is 4.73. The molecule has 3 amide bonds. The number of anilines is 2. The molecular weight excluding hydrogens is 370 g/mol. The van der Waals surface area contributed by atoms with Crippen molar-refractivity contribution in [3.63, 3.8) is 0 Å². The lowest BCUT2D eigenvalue weighted by Crippen LogP contribution is -2.32. The first kappa shape index (κ1) is 20.4. The molecule has 2 N–H and O–H groups in total. The number of para-hydroxylation sites is 1. The Morgan fingerprint density at radius 1 is 1.10 bits per heavy atom. The van der Waals surface area contributed by atoms with Gasteiger partial charge in [0, 0.05) is 24.7 Å². The Morgan fingerprint density at radius 3 is 2.45 bits per heavy atom. The van der Waals surface area contributed by atoms with Gasteiger partial charge in [0.1, 0.15) is 5.75 Å². The number of hydrogen-bond acceptors (Lipinski definition) is 4. The van der Waals surface area contributed by atoms with Gasteiger partial charge >= 0.3 is 0 Å². The molecule has 0 saturated carbocycles. The molecule has 1 atom stereocenters. The average Bonchev–Trinajstić information content (AvgIpc) is 3.09. The molecule has 0 radical (unpaired) electrons. The maximum absolute atomic E-state index is 12.8. The number of carbonyl (C=O) groups excluding carboxylic acids is 3. The highest BCUT2D eigenvalue weighted by molar-refractivity contribution is 6.07. The summed E-state index contributed by atoms with van der Waals surface area (Å²) in [6.07, 6.45) is 0.123. The number of ether oxygens (including phenoxy) is 1. The van der Waals surface area contributed by atoms with Crippen LogP contribution in [0.5, 0.6) is 5.75 Å². The van der Waals surface area contributed by atoms with E-state index in [-0.39, 0.29) is 36.7 Å². The van der Waals surface area contributed by atoms with Gasteiger partial charge < -0.3 is 20.3 Å². The van der Waals surface area contributed by atoms with E-state index in [1.165, 1.54) is 0 Å². The van der Waals surface area contributed by atoms with Crippen LogP contribution in [0.25, 0.3) is 0 Å². The maximum Gasteiger partial charge on any atom is 0.253 e. The van der Waals surface area contributed by atoms with Crippen LogP contribution in [0.2, 0.25) is 0 Å². The van der Waals surface area contributed by atoms with Crippen molar-refractivity contribution in [2.24, 2.45) is 5.92 Å². The zero-order valence-corrected chi connectivity index (χ0v) is 16.8. The van der Waals surface area contributed by atoms with Crippen LogP contribution in [0.4, 0.5) is 11.4 Å². The molecule has 1 saturated heterocycles. The van der Waals surface area contributed by atoms with Crippen molar-refractivity contribution in [3.8, 4) is 5.75 Å². The van der Waals surface area contributed by atoms with E-state index >= 15 is 0 Å². The Balaban J connectivity index is 1.70. The van der Waals surface area contributed by atoms with Gasteiger partial charge in [-0.15, -0.1) is 0 Å². The fraction of sp³-hybridized carbons (Fsp3) is 0.318. The van der Waals surface area contributed by atoms with Gasteiger partial charge in [0.2, 0.25) is 11.8 Å². The Labute approximate surface area is 170 Å². The second-order valence-corrected chi connectivity index (χ2v) is 7.27. The molecule has 2 aromatic rings. The summed E-state index contributed by atoms with van der Waals surface area (Å²) in [7, 11) is 1.58. The molecule has 1 heterocycles. The van der Waals surface area contributed by atoms with E-state index < -0.39 is 5.92 Å². The Kier molecular flexibility index (Phi) is 6.16. The zero-order chi connectivity index (χ0) is 21.0. The fourth-order valence-corrected chi connectivity index (χ4v) is 3.26. The average molecular weight is 395 g/mol. The van der Waals surface area contributed by atoms with Crippen molar-refractivity contribution in [2.45, 2.75) is 26.3 Å². The fourth-order valence-electron chi connectivity index (χ4n) is 3.26. The van der Waals surface area contributed by atoms with E-state index in [4.69, 9.17) is 4.74 Å². The van der Waals surface area contributed by atoms with Gasteiger partial charge in [-0.05, 0) is 50.2 Å². The highest BCUT2D eigenvalue weighted by Crippen LogP contribution is 2.28. The zero-order valence-electron chi connectivity index (χ0n) is 16.8. The number of carbonyl (C=O) groups is 3. The first-order valence-electron chi connectivity index (χ1n) is 9.54. The second kappa shape index (κ2) is 8.77. The molecule has 0 aromatic heterocycles. The first-order chi connectivity index (χ1) is 13.9. The van der Waals surface area contributed by atoms with Crippen molar-refractivity contribution < 1.29 is 19.1 Å². The molecule has 29 heavy (non-hydrogen) atoms. The van der Waals surface area contributed by atoms with Crippen molar-refractivity contribution in [1.29, 1.82) is 0 Å². The molecule has 1 aliphatic rings. The van der Waals surface area contributed by atoms with Crippen LogP contribution in [-0.4, -0.2) is 37.4 Å². The molecule has 0 spiro atoms. The summed E-state index contributed by atoms with van der Waals surface area (Å²) >= 11 is 0. The van der Waals surface area contributed by atoms with Gasteiger partial charge in [-0.1, -0.05) is 12.1 Å². The van der Waals surface area contributed by atoms with Crippen LogP contribution < -0.4 is 20.3 Å². The Bertz CT molecular complexity index is 909. The van der Waals surface area contributed by atoms with Gasteiger partial charge in [-0.2, -0.15) is 0 Å². The Morgan fingerprint density at radius 2 is 1.79 bits per heavy atom. The summed E-state index contributed by atoms with van der Waals surface area (Å²) in [5.74, 6) is -0.435. The van der Waals surface area contributed by atoms with Crippen LogP contribution in [0, 0.1) is 5.92 Å². The normalized spacial score (nSPS) is 16.1. The maximum atomic E-state index is 12.8. The lowest BCUT2D eigenvalue weighted by Gasteiger charge is -2.18. The van der Waals surface area contributed by atoms with Crippen molar-refractivity contribution in [2.75, 3.05) is 23.9 Å².